The minimum atomic E-state index is 0.689. The van der Waals surface area contributed by atoms with Gasteiger partial charge in [0.1, 0.15) is 5.69 Å². The zero-order chi connectivity index (χ0) is 9.83. The Morgan fingerprint density at radius 2 is 2.27 bits per heavy atom. The van der Waals surface area contributed by atoms with Gasteiger partial charge in [-0.3, -0.25) is 0 Å². The SMILES string of the molecule is c1cc2c3c(c1)-c1n[nH]nc1CC3CC2. The summed E-state index contributed by atoms with van der Waals surface area (Å²) in [5, 5.41) is 11.3. The number of benzene rings is 1. The normalized spacial score (nSPS) is 21.2. The highest BCUT2D eigenvalue weighted by molar-refractivity contribution is 5.71. The summed E-state index contributed by atoms with van der Waals surface area (Å²) in [7, 11) is 0. The van der Waals surface area contributed by atoms with E-state index >= 15 is 0 Å². The van der Waals surface area contributed by atoms with Crippen molar-refractivity contribution in [2.45, 2.75) is 25.2 Å². The van der Waals surface area contributed by atoms with Gasteiger partial charge in [-0.05, 0) is 29.9 Å². The molecule has 0 amide bonds. The highest BCUT2D eigenvalue weighted by Crippen LogP contribution is 2.45. The fourth-order valence-electron chi connectivity index (χ4n) is 3.04. The largest absolute Gasteiger partial charge is 0.197 e. The van der Waals surface area contributed by atoms with E-state index in [0.717, 1.165) is 17.8 Å². The molecule has 0 aliphatic heterocycles. The Morgan fingerprint density at radius 1 is 1.27 bits per heavy atom. The average Bonchev–Trinajstić information content (AvgIpc) is 2.87. The molecule has 1 aromatic carbocycles. The number of fused-ring (bicyclic) bond motifs is 2. The third-order valence-electron chi connectivity index (χ3n) is 3.68. The van der Waals surface area contributed by atoms with Crippen LogP contribution in [0.15, 0.2) is 18.2 Å². The second-order valence-corrected chi connectivity index (χ2v) is 4.44. The van der Waals surface area contributed by atoms with Crippen molar-refractivity contribution in [2.24, 2.45) is 0 Å². The molecule has 2 aliphatic carbocycles. The second-order valence-electron chi connectivity index (χ2n) is 4.44. The maximum atomic E-state index is 4.27. The van der Waals surface area contributed by atoms with E-state index < -0.39 is 0 Å². The van der Waals surface area contributed by atoms with Crippen molar-refractivity contribution in [2.75, 3.05) is 0 Å². The van der Waals surface area contributed by atoms with E-state index in [-0.39, 0.29) is 0 Å². The van der Waals surface area contributed by atoms with Crippen molar-refractivity contribution in [1.29, 1.82) is 0 Å². The van der Waals surface area contributed by atoms with Crippen LogP contribution in [0.4, 0.5) is 0 Å². The molecule has 0 spiro atoms. The molecule has 3 heteroatoms. The highest BCUT2D eigenvalue weighted by atomic mass is 15.3. The molecule has 4 rings (SSSR count). The number of nitrogens with one attached hydrogen (secondary N) is 1. The van der Waals surface area contributed by atoms with Crippen LogP contribution in [0.25, 0.3) is 11.3 Å². The Hall–Kier alpha value is -1.64. The summed E-state index contributed by atoms with van der Waals surface area (Å²) in [6.07, 6.45) is 3.57. The van der Waals surface area contributed by atoms with Gasteiger partial charge >= 0.3 is 0 Å². The highest BCUT2D eigenvalue weighted by Gasteiger charge is 2.32. The van der Waals surface area contributed by atoms with E-state index in [1.165, 1.54) is 24.0 Å². The summed E-state index contributed by atoms with van der Waals surface area (Å²) in [5.74, 6) is 0.689. The smallest absolute Gasteiger partial charge is 0.116 e. The van der Waals surface area contributed by atoms with Gasteiger partial charge in [-0.1, -0.05) is 18.2 Å². The predicted octanol–water partition coefficient (Wildman–Crippen LogP) is 2.06. The summed E-state index contributed by atoms with van der Waals surface area (Å²) >= 11 is 0. The van der Waals surface area contributed by atoms with Gasteiger partial charge < -0.3 is 0 Å². The Balaban J connectivity index is 2.09. The number of aryl methyl sites for hydroxylation is 1. The first-order valence-corrected chi connectivity index (χ1v) is 5.45. The van der Waals surface area contributed by atoms with Crippen molar-refractivity contribution in [1.82, 2.24) is 15.4 Å². The first-order chi connectivity index (χ1) is 7.43. The first-order valence-electron chi connectivity index (χ1n) is 5.45. The summed E-state index contributed by atoms with van der Waals surface area (Å²) in [4.78, 5) is 0. The molecule has 1 heterocycles. The van der Waals surface area contributed by atoms with E-state index in [4.69, 9.17) is 0 Å². The summed E-state index contributed by atoms with van der Waals surface area (Å²) < 4.78 is 0. The van der Waals surface area contributed by atoms with Crippen LogP contribution in [0.5, 0.6) is 0 Å². The van der Waals surface area contributed by atoms with Crippen molar-refractivity contribution < 1.29 is 0 Å². The van der Waals surface area contributed by atoms with Crippen LogP contribution in [-0.2, 0) is 12.8 Å². The number of hydrogen-bond donors (Lipinski definition) is 1. The lowest BCUT2D eigenvalue weighted by Crippen LogP contribution is -2.08. The number of rotatable bonds is 0. The van der Waals surface area contributed by atoms with Gasteiger partial charge in [0.2, 0.25) is 0 Å². The molecule has 1 N–H and O–H groups in total. The average molecular weight is 197 g/mol. The Kier molecular flexibility index (Phi) is 1.26. The molecule has 0 radical (unpaired) electrons. The van der Waals surface area contributed by atoms with Crippen LogP contribution in [0, 0.1) is 0 Å². The van der Waals surface area contributed by atoms with E-state index in [0.29, 0.717) is 5.92 Å². The molecule has 0 bridgehead atoms. The zero-order valence-electron chi connectivity index (χ0n) is 8.33. The topological polar surface area (TPSA) is 41.6 Å². The van der Waals surface area contributed by atoms with Gasteiger partial charge in [0.15, 0.2) is 0 Å². The molecule has 0 saturated carbocycles. The number of H-pyrrole nitrogens is 1. The van der Waals surface area contributed by atoms with Gasteiger partial charge in [-0.25, -0.2) is 0 Å². The molecule has 1 atom stereocenters. The lowest BCUT2D eigenvalue weighted by atomic mass is 9.85. The van der Waals surface area contributed by atoms with Crippen LogP contribution >= 0.6 is 0 Å². The molecular formula is C12H11N3. The minimum Gasteiger partial charge on any atom is -0.197 e. The summed E-state index contributed by atoms with van der Waals surface area (Å²) in [6.45, 7) is 0. The standard InChI is InChI=1S/C12H11N3/c1-2-7-4-5-8-6-10-12(14-15-13-10)9(3-1)11(7)8/h1-3,8H,4-6H2,(H,13,14,15). The molecule has 0 saturated heterocycles. The fraction of sp³-hybridized carbons (Fsp3) is 0.333. The summed E-state index contributed by atoms with van der Waals surface area (Å²) in [5.41, 5.74) is 6.59. The Morgan fingerprint density at radius 3 is 3.27 bits per heavy atom. The molecule has 0 fully saturated rings. The molecule has 2 aromatic rings. The van der Waals surface area contributed by atoms with Crippen molar-refractivity contribution in [3.05, 3.63) is 35.0 Å². The monoisotopic (exact) mass is 197 g/mol. The van der Waals surface area contributed by atoms with E-state index in [1.54, 1.807) is 5.56 Å². The second kappa shape index (κ2) is 2.48. The number of hydrogen-bond acceptors (Lipinski definition) is 2. The van der Waals surface area contributed by atoms with Crippen LogP contribution in [-0.4, -0.2) is 15.4 Å². The predicted molar refractivity (Wildman–Crippen MR) is 56.6 cm³/mol. The van der Waals surface area contributed by atoms with Crippen LogP contribution in [0.3, 0.4) is 0 Å². The van der Waals surface area contributed by atoms with Gasteiger partial charge in [0.25, 0.3) is 0 Å². The van der Waals surface area contributed by atoms with Crippen LogP contribution in [0.1, 0.15) is 29.2 Å². The third kappa shape index (κ3) is 0.856. The fourth-order valence-corrected chi connectivity index (χ4v) is 3.04. The summed E-state index contributed by atoms with van der Waals surface area (Å²) in [6, 6.07) is 6.57. The van der Waals surface area contributed by atoms with Gasteiger partial charge in [-0.15, -0.1) is 0 Å². The van der Waals surface area contributed by atoms with Gasteiger partial charge in [-0.2, -0.15) is 15.4 Å². The van der Waals surface area contributed by atoms with Crippen molar-refractivity contribution in [3.63, 3.8) is 0 Å². The first kappa shape index (κ1) is 7.63. The van der Waals surface area contributed by atoms with Gasteiger partial charge in [0, 0.05) is 12.0 Å². The van der Waals surface area contributed by atoms with Crippen molar-refractivity contribution >= 4 is 0 Å². The Bertz CT molecular complexity index is 542. The number of aromatic nitrogens is 3. The van der Waals surface area contributed by atoms with Crippen LogP contribution < -0.4 is 0 Å². The van der Waals surface area contributed by atoms with Gasteiger partial charge in [0.05, 0.1) is 5.69 Å². The van der Waals surface area contributed by atoms with E-state index in [9.17, 15) is 0 Å². The maximum Gasteiger partial charge on any atom is 0.116 e. The molecule has 2 aliphatic rings. The van der Waals surface area contributed by atoms with E-state index in [2.05, 4.69) is 33.6 Å². The lowest BCUT2D eigenvalue weighted by Gasteiger charge is -2.19. The molecule has 1 aromatic heterocycles. The molecule has 3 nitrogen and oxygen atoms in total. The van der Waals surface area contributed by atoms with Crippen molar-refractivity contribution in [3.8, 4) is 11.3 Å². The minimum absolute atomic E-state index is 0.689. The third-order valence-corrected chi connectivity index (χ3v) is 3.68. The lowest BCUT2D eigenvalue weighted by molar-refractivity contribution is 0.656. The maximum absolute atomic E-state index is 4.27. The molecule has 15 heavy (non-hydrogen) atoms. The Labute approximate surface area is 87.5 Å². The zero-order valence-corrected chi connectivity index (χ0v) is 8.33. The van der Waals surface area contributed by atoms with Crippen LogP contribution in [0.2, 0.25) is 0 Å². The molecule has 74 valence electrons. The quantitative estimate of drug-likeness (QED) is 0.702. The van der Waals surface area contributed by atoms with E-state index in [1.807, 2.05) is 0 Å². The molecule has 1 unspecified atom stereocenters. The number of aromatic amines is 1. The number of nitrogens with zero attached hydrogens (tertiary/aromatic N) is 2. The molecular weight excluding hydrogens is 186 g/mol.